The number of hydrogen-bond acceptors (Lipinski definition) is 4. The molecule has 0 saturated heterocycles. The quantitative estimate of drug-likeness (QED) is 0.343. The Bertz CT molecular complexity index is 468. The number of ketones is 1. The van der Waals surface area contributed by atoms with Crippen LogP contribution in [0.4, 0.5) is 5.69 Å². The number of nitrogens with zero attached hydrogens (tertiary/aromatic N) is 1. The van der Waals surface area contributed by atoms with E-state index in [1.54, 1.807) is 12.1 Å². The van der Waals surface area contributed by atoms with E-state index in [-0.39, 0.29) is 18.0 Å². The van der Waals surface area contributed by atoms with Crippen molar-refractivity contribution < 1.29 is 14.5 Å². The summed E-state index contributed by atoms with van der Waals surface area (Å²) in [7, 11) is 0. The first-order valence-corrected chi connectivity index (χ1v) is 4.76. The summed E-state index contributed by atoms with van der Waals surface area (Å²) in [4.78, 5) is 31.3. The van der Waals surface area contributed by atoms with Gasteiger partial charge in [-0.1, -0.05) is 12.1 Å². The molecule has 0 aromatic heterocycles. The van der Waals surface area contributed by atoms with Gasteiger partial charge in [-0.05, 0) is 18.2 Å². The lowest BCUT2D eigenvalue weighted by Crippen LogP contribution is -2.19. The molecule has 1 aromatic carbocycles. The lowest BCUT2D eigenvalue weighted by Gasteiger charge is -1.96. The highest BCUT2D eigenvalue weighted by atomic mass is 16.6. The number of hydrogen-bond donors (Lipinski definition) is 1. The fourth-order valence-electron chi connectivity index (χ4n) is 1.18. The van der Waals surface area contributed by atoms with Crippen LogP contribution in [0.1, 0.15) is 5.56 Å². The highest BCUT2D eigenvalue weighted by Crippen LogP contribution is 2.18. The van der Waals surface area contributed by atoms with E-state index in [0.29, 0.717) is 12.0 Å². The van der Waals surface area contributed by atoms with E-state index in [4.69, 9.17) is 0 Å². The van der Waals surface area contributed by atoms with Crippen LogP contribution in [0.25, 0.3) is 6.08 Å². The Morgan fingerprint density at radius 2 is 2.12 bits per heavy atom. The first kappa shape index (κ1) is 12.6. The molecule has 1 amide bonds. The smallest absolute Gasteiger partial charge is 0.276 e. The molecule has 0 aliphatic heterocycles. The van der Waals surface area contributed by atoms with Crippen molar-refractivity contribution in [2.45, 2.75) is 0 Å². The van der Waals surface area contributed by atoms with Crippen LogP contribution in [-0.2, 0) is 9.59 Å². The summed E-state index contributed by atoms with van der Waals surface area (Å²) >= 11 is 0. The molecule has 1 rings (SSSR count). The van der Waals surface area contributed by atoms with E-state index in [1.807, 2.05) is 0 Å². The van der Waals surface area contributed by atoms with E-state index in [1.165, 1.54) is 24.3 Å². The molecule has 0 heterocycles. The summed E-state index contributed by atoms with van der Waals surface area (Å²) in [6, 6.07) is 6.08. The lowest BCUT2D eigenvalue weighted by atomic mass is 10.1. The minimum atomic E-state index is -0.520. The maximum Gasteiger partial charge on any atom is 0.276 e. The number of nitro benzene ring substituents is 1. The molecule has 88 valence electrons. The number of carbonyl (C=O) groups is 2. The van der Waals surface area contributed by atoms with Crippen LogP contribution in [0.3, 0.4) is 0 Å². The van der Waals surface area contributed by atoms with Crippen LogP contribution in [-0.4, -0.2) is 23.7 Å². The van der Waals surface area contributed by atoms with Gasteiger partial charge < -0.3 is 5.32 Å². The fourth-order valence-corrected chi connectivity index (χ4v) is 1.18. The zero-order chi connectivity index (χ0) is 12.7. The van der Waals surface area contributed by atoms with Gasteiger partial charge in [-0.15, -0.1) is 0 Å². The van der Waals surface area contributed by atoms with Crippen molar-refractivity contribution in [1.29, 1.82) is 0 Å². The predicted molar refractivity (Wildman–Crippen MR) is 61.2 cm³/mol. The molecule has 0 aliphatic carbocycles. The zero-order valence-electron chi connectivity index (χ0n) is 8.83. The van der Waals surface area contributed by atoms with E-state index >= 15 is 0 Å². The molecule has 0 unspecified atom stereocenters. The van der Waals surface area contributed by atoms with Gasteiger partial charge in [0.1, 0.15) is 0 Å². The van der Waals surface area contributed by atoms with Gasteiger partial charge in [0.15, 0.2) is 5.78 Å². The van der Waals surface area contributed by atoms with Crippen molar-refractivity contribution in [1.82, 2.24) is 5.32 Å². The topological polar surface area (TPSA) is 89.3 Å². The minimum Gasteiger partial charge on any atom is -0.351 e. The van der Waals surface area contributed by atoms with Crippen molar-refractivity contribution >= 4 is 24.0 Å². The number of para-hydroxylation sites is 1. The van der Waals surface area contributed by atoms with Crippen LogP contribution in [0, 0.1) is 10.1 Å². The summed E-state index contributed by atoms with van der Waals surface area (Å²) in [6.07, 6.45) is 2.96. The van der Waals surface area contributed by atoms with Crippen molar-refractivity contribution in [3.63, 3.8) is 0 Å². The van der Waals surface area contributed by atoms with Crippen LogP contribution in [0.2, 0.25) is 0 Å². The van der Waals surface area contributed by atoms with Crippen LogP contribution >= 0.6 is 0 Å². The Morgan fingerprint density at radius 3 is 2.76 bits per heavy atom. The second-order valence-electron chi connectivity index (χ2n) is 3.11. The zero-order valence-corrected chi connectivity index (χ0v) is 8.83. The van der Waals surface area contributed by atoms with Crippen molar-refractivity contribution in [3.8, 4) is 0 Å². The Hall–Kier alpha value is -2.50. The number of rotatable bonds is 6. The standard InChI is InChI=1S/C11H10N2O4/c14-8-12-7-10(15)6-5-9-3-1-2-4-11(9)13(16)17/h1-6,8H,7H2,(H,12,14)/b6-5+. The van der Waals surface area contributed by atoms with Gasteiger partial charge in [-0.3, -0.25) is 19.7 Å². The Balaban J connectivity index is 2.80. The molecule has 0 radical (unpaired) electrons. The summed E-state index contributed by atoms with van der Waals surface area (Å²) < 4.78 is 0. The van der Waals surface area contributed by atoms with Gasteiger partial charge in [-0.2, -0.15) is 0 Å². The third-order valence-electron chi connectivity index (χ3n) is 1.94. The maximum absolute atomic E-state index is 11.2. The van der Waals surface area contributed by atoms with Crippen LogP contribution in [0.5, 0.6) is 0 Å². The highest BCUT2D eigenvalue weighted by molar-refractivity contribution is 5.96. The van der Waals surface area contributed by atoms with Crippen LogP contribution < -0.4 is 5.32 Å². The first-order chi connectivity index (χ1) is 8.15. The third kappa shape index (κ3) is 3.86. The molecule has 0 saturated carbocycles. The summed E-state index contributed by atoms with van der Waals surface area (Å²) in [5.41, 5.74) is 0.275. The monoisotopic (exact) mass is 234 g/mol. The van der Waals surface area contributed by atoms with Crippen LogP contribution in [0.15, 0.2) is 30.3 Å². The second kappa shape index (κ2) is 6.16. The van der Waals surface area contributed by atoms with Gasteiger partial charge >= 0.3 is 0 Å². The minimum absolute atomic E-state index is 0.0695. The summed E-state index contributed by atoms with van der Waals surface area (Å²) in [6.45, 7) is -0.124. The molecule has 17 heavy (non-hydrogen) atoms. The number of carbonyl (C=O) groups excluding carboxylic acids is 2. The normalized spacial score (nSPS) is 10.1. The Morgan fingerprint density at radius 1 is 1.41 bits per heavy atom. The molecule has 6 nitrogen and oxygen atoms in total. The lowest BCUT2D eigenvalue weighted by molar-refractivity contribution is -0.385. The molecule has 0 fully saturated rings. The van der Waals surface area contributed by atoms with Gasteiger partial charge in [0.05, 0.1) is 17.0 Å². The molecular weight excluding hydrogens is 224 g/mol. The number of benzene rings is 1. The van der Waals surface area contributed by atoms with E-state index in [9.17, 15) is 19.7 Å². The largest absolute Gasteiger partial charge is 0.351 e. The molecule has 1 aromatic rings. The molecule has 0 aliphatic rings. The van der Waals surface area contributed by atoms with Gasteiger partial charge in [0, 0.05) is 6.07 Å². The Kier molecular flexibility index (Phi) is 4.56. The van der Waals surface area contributed by atoms with Gasteiger partial charge in [-0.25, -0.2) is 0 Å². The SMILES string of the molecule is O=CNCC(=O)/C=C/c1ccccc1[N+](=O)[O-]. The number of nitrogens with one attached hydrogen (secondary N) is 1. The van der Waals surface area contributed by atoms with Crippen molar-refractivity contribution in [2.24, 2.45) is 0 Å². The second-order valence-corrected chi connectivity index (χ2v) is 3.11. The number of nitro groups is 1. The van der Waals surface area contributed by atoms with Crippen molar-refractivity contribution in [3.05, 3.63) is 46.0 Å². The molecule has 1 N–H and O–H groups in total. The average Bonchev–Trinajstić information content (AvgIpc) is 2.34. The summed E-state index contributed by atoms with van der Waals surface area (Å²) in [5, 5.41) is 12.9. The average molecular weight is 234 g/mol. The van der Waals surface area contributed by atoms with Crippen molar-refractivity contribution in [2.75, 3.05) is 6.54 Å². The first-order valence-electron chi connectivity index (χ1n) is 4.76. The molecular formula is C11H10N2O4. The molecule has 0 bridgehead atoms. The van der Waals surface area contributed by atoms with Gasteiger partial charge in [0.25, 0.3) is 5.69 Å². The highest BCUT2D eigenvalue weighted by Gasteiger charge is 2.09. The number of amides is 1. The third-order valence-corrected chi connectivity index (χ3v) is 1.94. The van der Waals surface area contributed by atoms with Gasteiger partial charge in [0.2, 0.25) is 6.41 Å². The summed E-state index contributed by atoms with van der Waals surface area (Å²) in [5.74, 6) is -0.338. The molecule has 0 atom stereocenters. The molecule has 0 spiro atoms. The maximum atomic E-state index is 11.2. The van der Waals surface area contributed by atoms with E-state index < -0.39 is 4.92 Å². The predicted octanol–water partition coefficient (Wildman–Crippen LogP) is 0.923. The molecule has 6 heteroatoms. The van der Waals surface area contributed by atoms with E-state index in [2.05, 4.69) is 5.32 Å². The fraction of sp³-hybridized carbons (Fsp3) is 0.0909. The Labute approximate surface area is 97.1 Å². The van der Waals surface area contributed by atoms with E-state index in [0.717, 1.165) is 0 Å².